The first-order valence-electron chi connectivity index (χ1n) is 4.34. The van der Waals surface area contributed by atoms with Gasteiger partial charge in [0.15, 0.2) is 0 Å². The van der Waals surface area contributed by atoms with Crippen molar-refractivity contribution in [2.45, 2.75) is 13.8 Å². The topological polar surface area (TPSA) is 9.23 Å². The molecule has 0 amide bonds. The van der Waals surface area contributed by atoms with Crippen LogP contribution in [-0.4, -0.2) is 6.61 Å². The van der Waals surface area contributed by atoms with Crippen LogP contribution in [0.2, 0.25) is 0 Å². The monoisotopic (exact) mass is 318 g/mol. The minimum atomic E-state index is 0.602. The van der Waals surface area contributed by atoms with Crippen molar-refractivity contribution >= 4 is 31.9 Å². The fourth-order valence-electron chi connectivity index (χ4n) is 0.973. The fraction of sp³-hybridized carbons (Fsp3) is 0.273. The van der Waals surface area contributed by atoms with Crippen LogP contribution in [0.25, 0.3) is 0 Å². The lowest BCUT2D eigenvalue weighted by Crippen LogP contribution is -1.94. The SMILES string of the molecule is C/C=C/COc1cc(Br)c(C)cc1Br. The molecule has 0 heterocycles. The minimum Gasteiger partial charge on any atom is -0.488 e. The van der Waals surface area contributed by atoms with E-state index in [0.29, 0.717) is 6.61 Å². The molecule has 3 heteroatoms. The van der Waals surface area contributed by atoms with E-state index in [1.807, 2.05) is 38.1 Å². The molecule has 0 spiro atoms. The van der Waals surface area contributed by atoms with Gasteiger partial charge in [0.2, 0.25) is 0 Å². The van der Waals surface area contributed by atoms with Gasteiger partial charge < -0.3 is 4.74 Å². The normalized spacial score (nSPS) is 10.9. The van der Waals surface area contributed by atoms with Crippen LogP contribution in [0.3, 0.4) is 0 Å². The van der Waals surface area contributed by atoms with E-state index in [0.717, 1.165) is 14.7 Å². The number of ether oxygens (including phenoxy) is 1. The maximum atomic E-state index is 5.55. The molecule has 0 aliphatic heterocycles. The van der Waals surface area contributed by atoms with E-state index in [2.05, 4.69) is 31.9 Å². The van der Waals surface area contributed by atoms with Gasteiger partial charge in [-0.1, -0.05) is 28.1 Å². The molecule has 0 aliphatic carbocycles. The predicted octanol–water partition coefficient (Wildman–Crippen LogP) is 4.47. The molecule has 0 atom stereocenters. The summed E-state index contributed by atoms with van der Waals surface area (Å²) in [5.74, 6) is 0.862. The molecule has 0 unspecified atom stereocenters. The van der Waals surface area contributed by atoms with Gasteiger partial charge in [0.25, 0.3) is 0 Å². The van der Waals surface area contributed by atoms with Crippen molar-refractivity contribution in [2.24, 2.45) is 0 Å². The average molecular weight is 320 g/mol. The smallest absolute Gasteiger partial charge is 0.135 e. The summed E-state index contributed by atoms with van der Waals surface area (Å²) in [7, 11) is 0. The molecule has 0 saturated carbocycles. The Morgan fingerprint density at radius 1 is 1.29 bits per heavy atom. The highest BCUT2D eigenvalue weighted by Crippen LogP contribution is 2.31. The maximum Gasteiger partial charge on any atom is 0.135 e. The highest BCUT2D eigenvalue weighted by Gasteiger charge is 2.03. The highest BCUT2D eigenvalue weighted by molar-refractivity contribution is 9.11. The molecule has 1 aromatic carbocycles. The largest absolute Gasteiger partial charge is 0.488 e. The Morgan fingerprint density at radius 3 is 2.64 bits per heavy atom. The summed E-state index contributed by atoms with van der Waals surface area (Å²) >= 11 is 6.93. The Bertz CT molecular complexity index is 345. The molecule has 0 fully saturated rings. The molecule has 0 bridgehead atoms. The molecule has 0 saturated heterocycles. The third-order valence-electron chi connectivity index (χ3n) is 1.78. The number of aryl methyl sites for hydroxylation is 1. The number of hydrogen-bond acceptors (Lipinski definition) is 1. The molecule has 1 nitrogen and oxygen atoms in total. The van der Waals surface area contributed by atoms with E-state index in [9.17, 15) is 0 Å². The van der Waals surface area contributed by atoms with Crippen LogP contribution >= 0.6 is 31.9 Å². The molecular weight excluding hydrogens is 308 g/mol. The maximum absolute atomic E-state index is 5.55. The molecule has 0 aromatic heterocycles. The zero-order chi connectivity index (χ0) is 10.6. The van der Waals surface area contributed by atoms with Gasteiger partial charge in [-0.25, -0.2) is 0 Å². The van der Waals surface area contributed by atoms with Crippen LogP contribution in [0.1, 0.15) is 12.5 Å². The van der Waals surface area contributed by atoms with Crippen molar-refractivity contribution in [3.05, 3.63) is 38.8 Å². The highest BCUT2D eigenvalue weighted by atomic mass is 79.9. The van der Waals surface area contributed by atoms with Gasteiger partial charge in [-0.3, -0.25) is 0 Å². The van der Waals surface area contributed by atoms with Crippen molar-refractivity contribution < 1.29 is 4.74 Å². The van der Waals surface area contributed by atoms with Crippen molar-refractivity contribution in [2.75, 3.05) is 6.61 Å². The third-order valence-corrected chi connectivity index (χ3v) is 3.26. The van der Waals surface area contributed by atoms with Crippen LogP contribution in [0, 0.1) is 6.92 Å². The second kappa shape index (κ2) is 5.56. The summed E-state index contributed by atoms with van der Waals surface area (Å²) in [6, 6.07) is 4.01. The Kier molecular flexibility index (Phi) is 4.69. The standard InChI is InChI=1S/C11H12Br2O/c1-3-4-5-14-11-7-9(12)8(2)6-10(11)13/h3-4,6-7H,5H2,1-2H3/b4-3+. The molecule has 0 aliphatic rings. The minimum absolute atomic E-state index is 0.602. The second-order valence-electron chi connectivity index (χ2n) is 2.91. The summed E-state index contributed by atoms with van der Waals surface area (Å²) in [4.78, 5) is 0. The first-order chi connectivity index (χ1) is 6.65. The summed E-state index contributed by atoms with van der Waals surface area (Å²) in [5.41, 5.74) is 1.19. The van der Waals surface area contributed by atoms with Gasteiger partial charge in [-0.2, -0.15) is 0 Å². The van der Waals surface area contributed by atoms with Crippen LogP contribution in [0.5, 0.6) is 5.75 Å². The predicted molar refractivity (Wildman–Crippen MR) is 66.9 cm³/mol. The Hall–Kier alpha value is -0.280. The molecule has 0 radical (unpaired) electrons. The lowest BCUT2D eigenvalue weighted by Gasteiger charge is -2.08. The Morgan fingerprint density at radius 2 is 2.00 bits per heavy atom. The first-order valence-corrected chi connectivity index (χ1v) is 5.93. The quantitative estimate of drug-likeness (QED) is 0.747. The van der Waals surface area contributed by atoms with Gasteiger partial charge in [0, 0.05) is 4.47 Å². The molecule has 1 aromatic rings. The van der Waals surface area contributed by atoms with Crippen LogP contribution in [-0.2, 0) is 0 Å². The van der Waals surface area contributed by atoms with Crippen LogP contribution < -0.4 is 4.74 Å². The van der Waals surface area contributed by atoms with Crippen LogP contribution in [0.4, 0.5) is 0 Å². The number of halogens is 2. The van der Waals surface area contributed by atoms with Crippen molar-refractivity contribution in [3.63, 3.8) is 0 Å². The van der Waals surface area contributed by atoms with Gasteiger partial charge in [0.05, 0.1) is 4.47 Å². The van der Waals surface area contributed by atoms with E-state index >= 15 is 0 Å². The molecule has 14 heavy (non-hydrogen) atoms. The summed E-state index contributed by atoms with van der Waals surface area (Å²) in [5, 5.41) is 0. The van der Waals surface area contributed by atoms with E-state index in [4.69, 9.17) is 4.74 Å². The summed E-state index contributed by atoms with van der Waals surface area (Å²) in [6.07, 6.45) is 3.94. The van der Waals surface area contributed by atoms with Crippen LogP contribution in [0.15, 0.2) is 33.2 Å². The zero-order valence-corrected chi connectivity index (χ0v) is 11.4. The van der Waals surface area contributed by atoms with Crippen molar-refractivity contribution in [1.29, 1.82) is 0 Å². The molecule has 1 rings (SSSR count). The van der Waals surface area contributed by atoms with Crippen molar-refractivity contribution in [3.8, 4) is 5.75 Å². The first kappa shape index (κ1) is 11.8. The Labute approximate surface area is 101 Å². The van der Waals surface area contributed by atoms with E-state index < -0.39 is 0 Å². The number of hydrogen-bond donors (Lipinski definition) is 0. The Balaban J connectivity index is 2.81. The second-order valence-corrected chi connectivity index (χ2v) is 4.62. The average Bonchev–Trinajstić information content (AvgIpc) is 2.14. The lowest BCUT2D eigenvalue weighted by atomic mass is 10.2. The molecular formula is C11H12Br2O. The molecule has 76 valence electrons. The van der Waals surface area contributed by atoms with Gasteiger partial charge >= 0.3 is 0 Å². The lowest BCUT2D eigenvalue weighted by molar-refractivity contribution is 0.360. The summed E-state index contributed by atoms with van der Waals surface area (Å²) in [6.45, 7) is 4.62. The van der Waals surface area contributed by atoms with Gasteiger partial charge in [-0.05, 0) is 47.5 Å². The number of rotatable bonds is 3. The third kappa shape index (κ3) is 3.14. The molecule has 0 N–H and O–H groups in total. The van der Waals surface area contributed by atoms with Gasteiger partial charge in [-0.15, -0.1) is 0 Å². The van der Waals surface area contributed by atoms with Gasteiger partial charge in [0.1, 0.15) is 12.4 Å². The van der Waals surface area contributed by atoms with E-state index in [1.54, 1.807) is 0 Å². The van der Waals surface area contributed by atoms with Crippen molar-refractivity contribution in [1.82, 2.24) is 0 Å². The number of benzene rings is 1. The fourth-order valence-corrected chi connectivity index (χ4v) is 1.87. The van der Waals surface area contributed by atoms with E-state index in [1.165, 1.54) is 5.56 Å². The number of allylic oxidation sites excluding steroid dienone is 1. The van der Waals surface area contributed by atoms with E-state index in [-0.39, 0.29) is 0 Å². The summed E-state index contributed by atoms with van der Waals surface area (Å²) < 4.78 is 7.60. The zero-order valence-electron chi connectivity index (χ0n) is 8.18.